The molecule has 4 nitrogen and oxygen atoms in total. The minimum Gasteiger partial charge on any atom is -0.313 e. The molecule has 1 aliphatic carbocycles. The van der Waals surface area contributed by atoms with E-state index < -0.39 is 10.0 Å². The summed E-state index contributed by atoms with van der Waals surface area (Å²) in [6, 6.07) is 7.57. The molecule has 0 aliphatic heterocycles. The number of sulfonamides is 1. The van der Waals surface area contributed by atoms with Crippen molar-refractivity contribution >= 4 is 15.7 Å². The summed E-state index contributed by atoms with van der Waals surface area (Å²) < 4.78 is 26.3. The molecule has 0 aromatic heterocycles. The van der Waals surface area contributed by atoms with Gasteiger partial charge in [-0.25, -0.2) is 8.42 Å². The molecule has 2 rings (SSSR count). The quantitative estimate of drug-likeness (QED) is 0.744. The van der Waals surface area contributed by atoms with Crippen molar-refractivity contribution in [1.82, 2.24) is 5.32 Å². The number of benzene rings is 1. The van der Waals surface area contributed by atoms with Crippen molar-refractivity contribution in [2.24, 2.45) is 0 Å². The molecule has 0 spiro atoms. The van der Waals surface area contributed by atoms with Gasteiger partial charge in [0, 0.05) is 12.2 Å². The third-order valence-electron chi connectivity index (χ3n) is 2.91. The molecule has 0 unspecified atom stereocenters. The first-order valence-corrected chi connectivity index (χ1v) is 7.98. The van der Waals surface area contributed by atoms with Crippen LogP contribution in [0.4, 0.5) is 5.69 Å². The first kappa shape index (κ1) is 13.4. The molecule has 1 aromatic rings. The van der Waals surface area contributed by atoms with E-state index in [9.17, 15) is 8.42 Å². The van der Waals surface area contributed by atoms with Crippen LogP contribution in [0.1, 0.15) is 31.7 Å². The summed E-state index contributed by atoms with van der Waals surface area (Å²) in [6.45, 7) is 3.86. The highest BCUT2D eigenvalue weighted by Gasteiger charge is 2.35. The summed E-state index contributed by atoms with van der Waals surface area (Å²) in [5.41, 5.74) is 1.76. The second-order valence-electron chi connectivity index (χ2n) is 4.72. The third kappa shape index (κ3) is 3.71. The Hall–Kier alpha value is -1.07. The van der Waals surface area contributed by atoms with Crippen molar-refractivity contribution in [3.8, 4) is 0 Å². The largest absolute Gasteiger partial charge is 0.313 e. The van der Waals surface area contributed by atoms with Crippen LogP contribution in [0.15, 0.2) is 24.3 Å². The van der Waals surface area contributed by atoms with Gasteiger partial charge in [0.2, 0.25) is 10.0 Å². The minimum atomic E-state index is -3.15. The summed E-state index contributed by atoms with van der Waals surface area (Å²) in [5.74, 6) is 0. The Balaban J connectivity index is 1.98. The maximum atomic E-state index is 11.8. The molecule has 18 heavy (non-hydrogen) atoms. The lowest BCUT2D eigenvalue weighted by Gasteiger charge is -2.09. The summed E-state index contributed by atoms with van der Waals surface area (Å²) in [6.07, 6.45) is 2.66. The molecular weight excluding hydrogens is 248 g/mol. The van der Waals surface area contributed by atoms with Crippen LogP contribution >= 0.6 is 0 Å². The van der Waals surface area contributed by atoms with E-state index in [4.69, 9.17) is 0 Å². The SMILES string of the molecule is CCCNCc1cccc(NS(=O)(=O)C2CC2)c1. The smallest absolute Gasteiger partial charge is 0.235 e. The van der Waals surface area contributed by atoms with Crippen LogP contribution in [0.25, 0.3) is 0 Å². The van der Waals surface area contributed by atoms with Crippen molar-refractivity contribution < 1.29 is 8.42 Å². The average Bonchev–Trinajstić information content (AvgIpc) is 3.13. The Morgan fingerprint density at radius 3 is 2.78 bits per heavy atom. The second-order valence-corrected chi connectivity index (χ2v) is 6.68. The molecule has 2 N–H and O–H groups in total. The van der Waals surface area contributed by atoms with Gasteiger partial charge in [-0.05, 0) is 43.5 Å². The summed E-state index contributed by atoms with van der Waals surface area (Å²) in [4.78, 5) is 0. The number of nitrogens with one attached hydrogen (secondary N) is 2. The Morgan fingerprint density at radius 2 is 2.11 bits per heavy atom. The van der Waals surface area contributed by atoms with E-state index in [0.717, 1.165) is 37.9 Å². The van der Waals surface area contributed by atoms with Crippen molar-refractivity contribution in [1.29, 1.82) is 0 Å². The van der Waals surface area contributed by atoms with Gasteiger partial charge in [-0.3, -0.25) is 4.72 Å². The van der Waals surface area contributed by atoms with Crippen LogP contribution in [-0.2, 0) is 16.6 Å². The van der Waals surface area contributed by atoms with Gasteiger partial charge in [0.1, 0.15) is 0 Å². The molecule has 0 heterocycles. The zero-order valence-electron chi connectivity index (χ0n) is 10.6. The zero-order chi connectivity index (χ0) is 13.0. The van der Waals surface area contributed by atoms with E-state index in [1.165, 1.54) is 0 Å². The molecule has 5 heteroatoms. The van der Waals surface area contributed by atoms with E-state index in [0.29, 0.717) is 5.69 Å². The van der Waals surface area contributed by atoms with E-state index >= 15 is 0 Å². The predicted octanol–water partition coefficient (Wildman–Crippen LogP) is 2.09. The van der Waals surface area contributed by atoms with E-state index in [1.807, 2.05) is 18.2 Å². The lowest BCUT2D eigenvalue weighted by Crippen LogP contribution is -2.18. The first-order valence-electron chi connectivity index (χ1n) is 6.43. The Labute approximate surface area is 109 Å². The minimum absolute atomic E-state index is 0.181. The van der Waals surface area contributed by atoms with Crippen LogP contribution in [0, 0.1) is 0 Å². The van der Waals surface area contributed by atoms with E-state index in [1.54, 1.807) is 6.07 Å². The number of rotatable bonds is 7. The van der Waals surface area contributed by atoms with E-state index in [2.05, 4.69) is 17.0 Å². The average molecular weight is 268 g/mol. The fourth-order valence-corrected chi connectivity index (χ4v) is 3.16. The monoisotopic (exact) mass is 268 g/mol. The fourth-order valence-electron chi connectivity index (χ4n) is 1.78. The lowest BCUT2D eigenvalue weighted by atomic mass is 10.2. The maximum Gasteiger partial charge on any atom is 0.235 e. The molecule has 1 aliphatic rings. The molecule has 0 atom stereocenters. The molecule has 1 aromatic carbocycles. The predicted molar refractivity (Wildman–Crippen MR) is 74.0 cm³/mol. The molecule has 100 valence electrons. The van der Waals surface area contributed by atoms with Gasteiger partial charge in [-0.1, -0.05) is 19.1 Å². The van der Waals surface area contributed by atoms with Gasteiger partial charge in [-0.2, -0.15) is 0 Å². The summed E-state index contributed by atoms with van der Waals surface area (Å²) in [5, 5.41) is 3.12. The van der Waals surface area contributed by atoms with Crippen LogP contribution in [-0.4, -0.2) is 20.2 Å². The number of hydrogen-bond donors (Lipinski definition) is 2. The molecular formula is C13H20N2O2S. The van der Waals surface area contributed by atoms with E-state index in [-0.39, 0.29) is 5.25 Å². The highest BCUT2D eigenvalue weighted by atomic mass is 32.2. The topological polar surface area (TPSA) is 58.2 Å². The first-order chi connectivity index (χ1) is 8.62. The van der Waals surface area contributed by atoms with Gasteiger partial charge in [-0.15, -0.1) is 0 Å². The molecule has 0 bridgehead atoms. The van der Waals surface area contributed by atoms with Crippen molar-refractivity contribution in [2.75, 3.05) is 11.3 Å². The van der Waals surface area contributed by atoms with Crippen LogP contribution in [0.2, 0.25) is 0 Å². The normalized spacial score (nSPS) is 15.6. The van der Waals surface area contributed by atoms with Crippen LogP contribution in [0.5, 0.6) is 0 Å². The van der Waals surface area contributed by atoms with Crippen molar-refractivity contribution in [3.05, 3.63) is 29.8 Å². The second kappa shape index (κ2) is 5.71. The highest BCUT2D eigenvalue weighted by molar-refractivity contribution is 7.93. The lowest BCUT2D eigenvalue weighted by molar-refractivity contribution is 0.600. The Morgan fingerprint density at radius 1 is 1.33 bits per heavy atom. The molecule has 1 fully saturated rings. The molecule has 1 saturated carbocycles. The van der Waals surface area contributed by atoms with Crippen LogP contribution < -0.4 is 10.0 Å². The van der Waals surface area contributed by atoms with Gasteiger partial charge >= 0.3 is 0 Å². The van der Waals surface area contributed by atoms with Gasteiger partial charge in [0.15, 0.2) is 0 Å². The maximum absolute atomic E-state index is 11.8. The van der Waals surface area contributed by atoms with Crippen molar-refractivity contribution in [3.63, 3.8) is 0 Å². The summed E-state index contributed by atoms with van der Waals surface area (Å²) in [7, 11) is -3.15. The number of hydrogen-bond acceptors (Lipinski definition) is 3. The zero-order valence-corrected chi connectivity index (χ0v) is 11.5. The highest BCUT2D eigenvalue weighted by Crippen LogP contribution is 2.29. The van der Waals surface area contributed by atoms with Gasteiger partial charge in [0.05, 0.1) is 5.25 Å². The van der Waals surface area contributed by atoms with Gasteiger partial charge < -0.3 is 5.32 Å². The van der Waals surface area contributed by atoms with Gasteiger partial charge in [0.25, 0.3) is 0 Å². The summed E-state index contributed by atoms with van der Waals surface area (Å²) >= 11 is 0. The number of anilines is 1. The molecule has 0 saturated heterocycles. The third-order valence-corrected chi connectivity index (χ3v) is 4.78. The molecule has 0 radical (unpaired) electrons. The Bertz CT molecular complexity index is 495. The van der Waals surface area contributed by atoms with Crippen LogP contribution in [0.3, 0.4) is 0 Å². The Kier molecular flexibility index (Phi) is 4.24. The van der Waals surface area contributed by atoms with Crippen molar-refractivity contribution in [2.45, 2.75) is 38.0 Å². The fraction of sp³-hybridized carbons (Fsp3) is 0.538. The standard InChI is InChI=1S/C13H20N2O2S/c1-2-8-14-10-11-4-3-5-12(9-11)15-18(16,17)13-6-7-13/h3-5,9,13-15H,2,6-8,10H2,1H3. The molecule has 0 amide bonds.